The summed E-state index contributed by atoms with van der Waals surface area (Å²) in [6.45, 7) is 0.860. The Morgan fingerprint density at radius 1 is 1.32 bits per heavy atom. The molecule has 0 aliphatic heterocycles. The largest absolute Gasteiger partial charge is 0.493 e. The molecule has 0 atom stereocenters. The van der Waals surface area contributed by atoms with Gasteiger partial charge in [0.2, 0.25) is 5.88 Å². The highest BCUT2D eigenvalue weighted by atomic mass is 79.9. The number of hydrogen-bond acceptors (Lipinski definition) is 3. The van der Waals surface area contributed by atoms with Crippen molar-refractivity contribution in [3.63, 3.8) is 0 Å². The number of fused-ring (bicyclic) bond motifs is 1. The Labute approximate surface area is 137 Å². The summed E-state index contributed by atoms with van der Waals surface area (Å²) in [5, 5.41) is 19.6. The highest BCUT2D eigenvalue weighted by molar-refractivity contribution is 9.09. The molecule has 0 saturated carbocycles. The Kier molecular flexibility index (Phi) is 4.97. The van der Waals surface area contributed by atoms with E-state index in [1.165, 1.54) is 0 Å². The molecule has 7 heteroatoms. The number of likely N-dealkylation sites (N-methyl/N-ethyl adjacent to an activating group) is 1. The number of azo groups is 1. The number of quaternary nitrogens is 1. The molecule has 0 spiro atoms. The van der Waals surface area contributed by atoms with E-state index >= 15 is 0 Å². The first kappa shape index (κ1) is 16.6. The average Bonchev–Trinajstić information content (AvgIpc) is 2.68. The van der Waals surface area contributed by atoms with Gasteiger partial charge in [0.15, 0.2) is 12.2 Å². The number of aromatic hydroxyl groups is 1. The first-order chi connectivity index (χ1) is 10.3. The molecule has 1 aromatic carbocycles. The molecule has 22 heavy (non-hydrogen) atoms. The summed E-state index contributed by atoms with van der Waals surface area (Å²) in [6.07, 6.45) is 0. The highest BCUT2D eigenvalue weighted by Gasteiger charge is 2.17. The van der Waals surface area contributed by atoms with Gasteiger partial charge in [-0.05, 0) is 6.07 Å². The summed E-state index contributed by atoms with van der Waals surface area (Å²) in [6, 6.07) is 7.53. The molecule has 1 N–H and O–H groups in total. The third-order valence-electron chi connectivity index (χ3n) is 3.10. The lowest BCUT2D eigenvalue weighted by molar-refractivity contribution is -0.862. The maximum atomic E-state index is 11.8. The number of aromatic nitrogens is 1. The van der Waals surface area contributed by atoms with Crippen molar-refractivity contribution in [2.45, 2.75) is 6.54 Å². The smallest absolute Gasteiger partial charge is 0.319 e. The van der Waals surface area contributed by atoms with Crippen LogP contribution in [-0.4, -0.2) is 53.1 Å². The summed E-state index contributed by atoms with van der Waals surface area (Å²) in [7, 11) is 5.73. The number of alkyl halides is 1. The van der Waals surface area contributed by atoms with Crippen molar-refractivity contribution in [1.82, 2.24) is 4.57 Å². The molecule has 1 amide bonds. The molecule has 0 saturated heterocycles. The van der Waals surface area contributed by atoms with Crippen LogP contribution < -0.4 is 0 Å². The number of nitrogens with zero attached hydrogens (tertiary/aromatic N) is 4. The second-order valence-electron chi connectivity index (χ2n) is 6.07. The minimum absolute atomic E-state index is 0.0300. The van der Waals surface area contributed by atoms with Crippen LogP contribution in [-0.2, 0) is 11.3 Å². The quantitative estimate of drug-likeness (QED) is 0.501. The highest BCUT2D eigenvalue weighted by Crippen LogP contribution is 2.38. The Hall–Kier alpha value is -1.73. The average molecular weight is 368 g/mol. The van der Waals surface area contributed by atoms with Gasteiger partial charge < -0.3 is 14.2 Å². The van der Waals surface area contributed by atoms with Crippen LogP contribution in [0, 0.1) is 0 Å². The first-order valence-electron chi connectivity index (χ1n) is 6.94. The predicted octanol–water partition coefficient (Wildman–Crippen LogP) is 3.06. The molecule has 0 aliphatic carbocycles. The summed E-state index contributed by atoms with van der Waals surface area (Å²) < 4.78 is 2.23. The molecule has 2 aromatic rings. The van der Waals surface area contributed by atoms with Gasteiger partial charge >= 0.3 is 5.91 Å². The Morgan fingerprint density at radius 3 is 2.64 bits per heavy atom. The fraction of sp³-hybridized carbons (Fsp3) is 0.400. The van der Waals surface area contributed by atoms with Crippen molar-refractivity contribution >= 4 is 38.4 Å². The zero-order valence-electron chi connectivity index (χ0n) is 13.0. The lowest BCUT2D eigenvalue weighted by Crippen LogP contribution is -2.38. The van der Waals surface area contributed by atoms with E-state index in [2.05, 4.69) is 26.2 Å². The van der Waals surface area contributed by atoms with Gasteiger partial charge in [0.25, 0.3) is 0 Å². The summed E-state index contributed by atoms with van der Waals surface area (Å²) in [4.78, 5) is 11.8. The molecule has 0 fully saturated rings. The van der Waals surface area contributed by atoms with Gasteiger partial charge in [0.05, 0.1) is 26.7 Å². The fourth-order valence-electron chi connectivity index (χ4n) is 2.22. The molecule has 1 heterocycles. The Bertz CT molecular complexity index is 716. The van der Waals surface area contributed by atoms with Crippen molar-refractivity contribution in [3.8, 4) is 5.88 Å². The van der Waals surface area contributed by atoms with Crippen molar-refractivity contribution in [2.75, 3.05) is 33.0 Å². The van der Waals surface area contributed by atoms with Gasteiger partial charge in [-0.1, -0.05) is 34.1 Å². The molecule has 0 aliphatic rings. The minimum atomic E-state index is -0.316. The van der Waals surface area contributed by atoms with E-state index in [0.717, 1.165) is 10.9 Å². The van der Waals surface area contributed by atoms with Crippen LogP contribution in [0.2, 0.25) is 0 Å². The number of rotatable bonds is 5. The first-order valence-corrected chi connectivity index (χ1v) is 8.07. The normalized spacial score (nSPS) is 12.4. The third-order valence-corrected chi connectivity index (χ3v) is 3.45. The summed E-state index contributed by atoms with van der Waals surface area (Å²) in [5.41, 5.74) is 1.21. The summed E-state index contributed by atoms with van der Waals surface area (Å²) >= 11 is 3.37. The molecule has 0 unspecified atom stereocenters. The molecular formula is C15H20BrN4O2+. The predicted molar refractivity (Wildman–Crippen MR) is 89.8 cm³/mol. The number of para-hydroxylation sites is 1. The minimum Gasteiger partial charge on any atom is -0.493 e. The SMILES string of the molecule is C[N+](C)(C)CC(=O)N=Nc1c(O)n(CCBr)c2ccccc12. The second kappa shape index (κ2) is 6.58. The van der Waals surface area contributed by atoms with Gasteiger partial charge in [-0.25, -0.2) is 0 Å². The second-order valence-corrected chi connectivity index (χ2v) is 6.87. The van der Waals surface area contributed by atoms with Crippen LogP contribution in [0.5, 0.6) is 5.88 Å². The topological polar surface area (TPSA) is 66.9 Å². The number of amides is 1. The van der Waals surface area contributed by atoms with E-state index in [-0.39, 0.29) is 18.3 Å². The van der Waals surface area contributed by atoms with Gasteiger partial charge in [-0.15, -0.1) is 10.2 Å². The molecular weight excluding hydrogens is 348 g/mol. The van der Waals surface area contributed by atoms with E-state index in [1.807, 2.05) is 45.4 Å². The van der Waals surface area contributed by atoms with E-state index in [9.17, 15) is 9.90 Å². The summed E-state index contributed by atoms with van der Waals surface area (Å²) in [5.74, 6) is -0.285. The van der Waals surface area contributed by atoms with Crippen LogP contribution >= 0.6 is 15.9 Å². The maximum absolute atomic E-state index is 11.8. The molecule has 2 rings (SSSR count). The van der Waals surface area contributed by atoms with Crippen LogP contribution in [0.15, 0.2) is 34.5 Å². The Morgan fingerprint density at radius 2 is 2.00 bits per heavy atom. The van der Waals surface area contributed by atoms with Gasteiger partial charge in [0.1, 0.15) is 0 Å². The number of benzene rings is 1. The molecule has 0 bridgehead atoms. The number of carbonyl (C=O) groups excluding carboxylic acids is 1. The maximum Gasteiger partial charge on any atom is 0.319 e. The van der Waals surface area contributed by atoms with Gasteiger partial charge in [-0.3, -0.25) is 4.79 Å². The van der Waals surface area contributed by atoms with Crippen molar-refractivity contribution in [1.29, 1.82) is 0 Å². The fourth-order valence-corrected chi connectivity index (χ4v) is 2.58. The van der Waals surface area contributed by atoms with Crippen molar-refractivity contribution < 1.29 is 14.4 Å². The monoisotopic (exact) mass is 367 g/mol. The van der Waals surface area contributed by atoms with Crippen molar-refractivity contribution in [2.24, 2.45) is 10.2 Å². The van der Waals surface area contributed by atoms with E-state index in [4.69, 9.17) is 0 Å². The van der Waals surface area contributed by atoms with Gasteiger partial charge in [0, 0.05) is 17.3 Å². The lowest BCUT2D eigenvalue weighted by atomic mass is 10.2. The van der Waals surface area contributed by atoms with Crippen LogP contribution in [0.1, 0.15) is 0 Å². The zero-order chi connectivity index (χ0) is 16.3. The Balaban J connectivity index is 2.39. The van der Waals surface area contributed by atoms with E-state index in [0.29, 0.717) is 22.0 Å². The van der Waals surface area contributed by atoms with Crippen LogP contribution in [0.25, 0.3) is 10.9 Å². The van der Waals surface area contributed by atoms with Gasteiger partial charge in [-0.2, -0.15) is 0 Å². The molecule has 6 nitrogen and oxygen atoms in total. The van der Waals surface area contributed by atoms with Crippen molar-refractivity contribution in [3.05, 3.63) is 24.3 Å². The molecule has 0 radical (unpaired) electrons. The number of carbonyl (C=O) groups is 1. The number of hydrogen-bond donors (Lipinski definition) is 1. The zero-order valence-corrected chi connectivity index (χ0v) is 14.5. The van der Waals surface area contributed by atoms with E-state index in [1.54, 1.807) is 4.57 Å². The third kappa shape index (κ3) is 3.72. The molecule has 1 aromatic heterocycles. The lowest BCUT2D eigenvalue weighted by Gasteiger charge is -2.20. The molecule has 118 valence electrons. The van der Waals surface area contributed by atoms with E-state index < -0.39 is 0 Å². The standard InChI is InChI=1S/C15H19BrN4O2/c1-20(2,3)10-13(21)17-18-14-11-6-4-5-7-12(11)19(9-8-16)15(14)22/h4-7H,8-10H2,1-3H3/p+1. The number of halogens is 1. The number of aryl methyl sites for hydroxylation is 1. The van der Waals surface area contributed by atoms with Crippen LogP contribution in [0.3, 0.4) is 0 Å². The van der Waals surface area contributed by atoms with Crippen LogP contribution in [0.4, 0.5) is 5.69 Å².